The van der Waals surface area contributed by atoms with Crippen LogP contribution >= 0.6 is 0 Å². The van der Waals surface area contributed by atoms with Crippen molar-refractivity contribution >= 4 is 0 Å². The van der Waals surface area contributed by atoms with Gasteiger partial charge < -0.3 is 0 Å². The highest BCUT2D eigenvalue weighted by Gasteiger charge is 1.99. The van der Waals surface area contributed by atoms with E-state index in [4.69, 9.17) is 4.84 Å². The molecule has 0 aromatic carbocycles. The summed E-state index contributed by atoms with van der Waals surface area (Å²) >= 11 is 0. The molecule has 0 radical (unpaired) electrons. The summed E-state index contributed by atoms with van der Waals surface area (Å²) in [5.41, 5.74) is 0. The van der Waals surface area contributed by atoms with Crippen LogP contribution in [-0.4, -0.2) is 25.3 Å². The van der Waals surface area contributed by atoms with Crippen LogP contribution in [0.25, 0.3) is 0 Å². The topological polar surface area (TPSA) is 12.5 Å². The van der Waals surface area contributed by atoms with Crippen molar-refractivity contribution in [3.63, 3.8) is 0 Å². The number of hydrogen-bond donors (Lipinski definition) is 0. The number of rotatable bonds is 5. The number of hydrogen-bond acceptors (Lipinski definition) is 2. The first-order chi connectivity index (χ1) is 4.70. The van der Waals surface area contributed by atoms with Gasteiger partial charge in [0.1, 0.15) is 0 Å². The minimum Gasteiger partial charge on any atom is -0.299 e. The second-order valence-electron chi connectivity index (χ2n) is 2.75. The Labute approximate surface area is 64.1 Å². The van der Waals surface area contributed by atoms with E-state index in [1.54, 1.807) is 0 Å². The van der Waals surface area contributed by atoms with E-state index < -0.39 is 0 Å². The Morgan fingerprint density at radius 2 is 2.00 bits per heavy atom. The fraction of sp³-hybridized carbons (Fsp3) is 1.00. The quantitative estimate of drug-likeness (QED) is 0.548. The zero-order valence-electron chi connectivity index (χ0n) is 7.55. The van der Waals surface area contributed by atoms with Crippen molar-refractivity contribution in [1.82, 2.24) is 5.06 Å². The summed E-state index contributed by atoms with van der Waals surface area (Å²) in [4.78, 5) is 5.38. The van der Waals surface area contributed by atoms with Gasteiger partial charge in [-0.25, -0.2) is 0 Å². The van der Waals surface area contributed by atoms with Crippen LogP contribution in [0, 0.1) is 5.92 Å². The number of hydroxylamine groups is 2. The van der Waals surface area contributed by atoms with Gasteiger partial charge in [0.15, 0.2) is 0 Å². The molecule has 1 unspecified atom stereocenters. The van der Waals surface area contributed by atoms with Gasteiger partial charge in [0.2, 0.25) is 0 Å². The lowest BCUT2D eigenvalue weighted by Gasteiger charge is -2.16. The Morgan fingerprint density at radius 3 is 2.40 bits per heavy atom. The van der Waals surface area contributed by atoms with Gasteiger partial charge in [-0.1, -0.05) is 27.2 Å². The molecule has 0 amide bonds. The van der Waals surface area contributed by atoms with Gasteiger partial charge in [0.05, 0.1) is 6.61 Å². The maximum Gasteiger partial charge on any atom is 0.0710 e. The van der Waals surface area contributed by atoms with E-state index in [1.807, 2.05) is 12.1 Å². The maximum atomic E-state index is 5.38. The molecular formula is C8H19NO. The molecular weight excluding hydrogens is 126 g/mol. The normalized spacial score (nSPS) is 14.1. The average Bonchev–Trinajstić information content (AvgIpc) is 1.99. The molecule has 1 atom stereocenters. The summed E-state index contributed by atoms with van der Waals surface area (Å²) < 4.78 is 0. The minimum atomic E-state index is 0.675. The van der Waals surface area contributed by atoms with E-state index in [9.17, 15) is 0 Å². The minimum absolute atomic E-state index is 0.675. The molecule has 0 aromatic heterocycles. The van der Waals surface area contributed by atoms with Crippen LogP contribution in [0.15, 0.2) is 0 Å². The molecule has 0 spiro atoms. The lowest BCUT2D eigenvalue weighted by atomic mass is 10.1. The van der Waals surface area contributed by atoms with Crippen molar-refractivity contribution in [3.05, 3.63) is 0 Å². The zero-order valence-corrected chi connectivity index (χ0v) is 7.55. The summed E-state index contributed by atoms with van der Waals surface area (Å²) in [6.07, 6.45) is 1.19. The maximum absolute atomic E-state index is 5.38. The van der Waals surface area contributed by atoms with Crippen molar-refractivity contribution in [1.29, 1.82) is 0 Å². The molecule has 0 rings (SSSR count). The Morgan fingerprint density at radius 1 is 1.40 bits per heavy atom. The molecule has 0 aliphatic heterocycles. The lowest BCUT2D eigenvalue weighted by Crippen LogP contribution is -2.21. The monoisotopic (exact) mass is 145 g/mol. The molecule has 2 nitrogen and oxygen atoms in total. The van der Waals surface area contributed by atoms with E-state index in [0.29, 0.717) is 5.92 Å². The van der Waals surface area contributed by atoms with Gasteiger partial charge in [-0.2, -0.15) is 5.06 Å². The van der Waals surface area contributed by atoms with Gasteiger partial charge in [0.25, 0.3) is 0 Å². The molecule has 0 N–H and O–H groups in total. The van der Waals surface area contributed by atoms with Crippen LogP contribution in [-0.2, 0) is 4.84 Å². The first kappa shape index (κ1) is 9.92. The lowest BCUT2D eigenvalue weighted by molar-refractivity contribution is -0.146. The second-order valence-corrected chi connectivity index (χ2v) is 2.75. The summed E-state index contributed by atoms with van der Waals surface area (Å²) in [7, 11) is 1.96. The third kappa shape index (κ3) is 4.77. The molecule has 0 aromatic rings. The van der Waals surface area contributed by atoms with Crippen LogP contribution in [0.3, 0.4) is 0 Å². The van der Waals surface area contributed by atoms with Crippen molar-refractivity contribution in [3.8, 4) is 0 Å². The summed E-state index contributed by atoms with van der Waals surface area (Å²) in [6.45, 7) is 8.26. The van der Waals surface area contributed by atoms with Gasteiger partial charge in [-0.3, -0.25) is 4.84 Å². The van der Waals surface area contributed by atoms with Crippen molar-refractivity contribution in [2.75, 3.05) is 20.2 Å². The predicted molar refractivity (Wildman–Crippen MR) is 43.7 cm³/mol. The molecule has 10 heavy (non-hydrogen) atoms. The van der Waals surface area contributed by atoms with Crippen LogP contribution in [0.4, 0.5) is 0 Å². The third-order valence-electron chi connectivity index (χ3n) is 1.72. The standard InChI is InChI=1S/C8H19NO/c1-5-8(3)7-10-9(4)6-2/h8H,5-7H2,1-4H3. The Balaban J connectivity index is 3.17. The van der Waals surface area contributed by atoms with Gasteiger partial charge in [-0.15, -0.1) is 0 Å². The number of nitrogens with zero attached hydrogens (tertiary/aromatic N) is 1. The molecule has 0 bridgehead atoms. The van der Waals surface area contributed by atoms with E-state index in [0.717, 1.165) is 13.2 Å². The average molecular weight is 145 g/mol. The van der Waals surface area contributed by atoms with Gasteiger partial charge in [0, 0.05) is 13.6 Å². The summed E-state index contributed by atoms with van der Waals surface area (Å²) in [5.74, 6) is 0.675. The molecule has 62 valence electrons. The van der Waals surface area contributed by atoms with E-state index in [-0.39, 0.29) is 0 Å². The molecule has 0 fully saturated rings. The highest BCUT2D eigenvalue weighted by molar-refractivity contribution is 4.44. The fourth-order valence-corrected chi connectivity index (χ4v) is 0.464. The molecule has 0 heterocycles. The van der Waals surface area contributed by atoms with Crippen molar-refractivity contribution in [2.45, 2.75) is 27.2 Å². The SMILES string of the molecule is CCC(C)CON(C)CC. The van der Waals surface area contributed by atoms with Crippen molar-refractivity contribution < 1.29 is 4.84 Å². The Hall–Kier alpha value is -0.0800. The largest absolute Gasteiger partial charge is 0.299 e. The van der Waals surface area contributed by atoms with E-state index >= 15 is 0 Å². The Bertz CT molecular complexity index is 65.7. The van der Waals surface area contributed by atoms with Gasteiger partial charge in [-0.05, 0) is 5.92 Å². The van der Waals surface area contributed by atoms with Crippen LogP contribution in [0.5, 0.6) is 0 Å². The highest BCUT2D eigenvalue weighted by atomic mass is 16.7. The van der Waals surface area contributed by atoms with Gasteiger partial charge >= 0.3 is 0 Å². The molecule has 0 aliphatic carbocycles. The summed E-state index contributed by atoms with van der Waals surface area (Å²) in [5, 5.41) is 1.87. The van der Waals surface area contributed by atoms with Crippen LogP contribution in [0.1, 0.15) is 27.2 Å². The van der Waals surface area contributed by atoms with Crippen LogP contribution < -0.4 is 0 Å². The van der Waals surface area contributed by atoms with Crippen LogP contribution in [0.2, 0.25) is 0 Å². The fourth-order valence-electron chi connectivity index (χ4n) is 0.464. The Kier molecular flexibility index (Phi) is 5.64. The molecule has 2 heteroatoms. The molecule has 0 aliphatic rings. The van der Waals surface area contributed by atoms with Crippen molar-refractivity contribution in [2.24, 2.45) is 5.92 Å². The first-order valence-electron chi connectivity index (χ1n) is 4.04. The highest BCUT2D eigenvalue weighted by Crippen LogP contribution is 2.01. The summed E-state index contributed by atoms with van der Waals surface area (Å²) in [6, 6.07) is 0. The van der Waals surface area contributed by atoms with E-state index in [1.165, 1.54) is 6.42 Å². The predicted octanol–water partition coefficient (Wildman–Crippen LogP) is 1.92. The first-order valence-corrected chi connectivity index (χ1v) is 4.04. The van der Waals surface area contributed by atoms with E-state index in [2.05, 4.69) is 20.8 Å². The smallest absolute Gasteiger partial charge is 0.0710 e. The zero-order chi connectivity index (χ0) is 7.98. The molecule has 0 saturated heterocycles. The second kappa shape index (κ2) is 5.69. The third-order valence-corrected chi connectivity index (χ3v) is 1.72. The molecule has 0 saturated carbocycles.